The summed E-state index contributed by atoms with van der Waals surface area (Å²) in [5.41, 5.74) is 3.23. The topological polar surface area (TPSA) is 38.3 Å². The van der Waals surface area contributed by atoms with Gasteiger partial charge in [0, 0.05) is 5.69 Å². The Bertz CT molecular complexity index is 951. The molecule has 142 valence electrons. The summed E-state index contributed by atoms with van der Waals surface area (Å²) < 4.78 is 5.31. The first kappa shape index (κ1) is 20.0. The van der Waals surface area contributed by atoms with Crippen molar-refractivity contribution in [3.05, 3.63) is 100 Å². The fraction of sp³-hybridized carbons (Fsp3) is 0.0870. The Balaban J connectivity index is 1.61. The molecule has 0 unspecified atom stereocenters. The van der Waals surface area contributed by atoms with E-state index in [2.05, 4.69) is 5.32 Å². The first-order valence-corrected chi connectivity index (χ1v) is 9.55. The van der Waals surface area contributed by atoms with Crippen molar-refractivity contribution >= 4 is 46.6 Å². The molecular weight excluding hydrogens is 393 g/mol. The number of ether oxygens (including phenoxy) is 1. The van der Waals surface area contributed by atoms with E-state index in [1.807, 2.05) is 66.7 Å². The lowest BCUT2D eigenvalue weighted by Gasteiger charge is -2.14. The third kappa shape index (κ3) is 5.62. The molecule has 0 aromatic heterocycles. The number of carbonyl (C=O) groups excluding carboxylic acids is 1. The van der Waals surface area contributed by atoms with E-state index in [4.69, 9.17) is 27.9 Å². The van der Waals surface area contributed by atoms with Crippen LogP contribution in [-0.2, 0) is 16.0 Å². The molecule has 0 aliphatic rings. The lowest BCUT2D eigenvalue weighted by molar-refractivity contribution is -0.141. The third-order valence-electron chi connectivity index (χ3n) is 4.03. The summed E-state index contributed by atoms with van der Waals surface area (Å²) in [6.07, 6.45) is 3.88. The molecule has 3 rings (SSSR count). The molecule has 0 spiro atoms. The minimum atomic E-state index is -0.308. The highest BCUT2D eigenvalue weighted by atomic mass is 35.5. The lowest BCUT2D eigenvalue weighted by atomic mass is 10.1. The highest BCUT2D eigenvalue weighted by Crippen LogP contribution is 2.33. The van der Waals surface area contributed by atoms with Crippen molar-refractivity contribution in [3.63, 3.8) is 0 Å². The van der Waals surface area contributed by atoms with Gasteiger partial charge in [-0.15, -0.1) is 0 Å². The van der Waals surface area contributed by atoms with Crippen molar-refractivity contribution in [2.24, 2.45) is 0 Å². The second-order valence-electron chi connectivity index (χ2n) is 6.05. The minimum absolute atomic E-state index is 0.143. The maximum Gasteiger partial charge on any atom is 0.310 e. The number of nitrogens with one attached hydrogen (secondary N) is 1. The number of carbonyl (C=O) groups is 1. The zero-order valence-corrected chi connectivity index (χ0v) is 16.6. The van der Waals surface area contributed by atoms with Gasteiger partial charge in [0.15, 0.2) is 0 Å². The van der Waals surface area contributed by atoms with Crippen LogP contribution in [0.1, 0.15) is 11.1 Å². The van der Waals surface area contributed by atoms with Crippen molar-refractivity contribution in [3.8, 4) is 0 Å². The van der Waals surface area contributed by atoms with E-state index in [1.54, 1.807) is 18.2 Å². The normalized spacial score (nSPS) is 10.8. The summed E-state index contributed by atoms with van der Waals surface area (Å²) in [5, 5.41) is 4.24. The van der Waals surface area contributed by atoms with Crippen LogP contribution in [0.3, 0.4) is 0 Å². The molecule has 5 heteroatoms. The Hall–Kier alpha value is -2.75. The Kier molecular flexibility index (Phi) is 7.12. The zero-order chi connectivity index (χ0) is 19.8. The van der Waals surface area contributed by atoms with Gasteiger partial charge in [-0.2, -0.15) is 0 Å². The van der Waals surface area contributed by atoms with Gasteiger partial charge in [0.2, 0.25) is 0 Å². The van der Waals surface area contributed by atoms with Crippen LogP contribution in [0.4, 0.5) is 11.4 Å². The molecule has 0 amide bonds. The quantitative estimate of drug-likeness (QED) is 0.448. The van der Waals surface area contributed by atoms with E-state index in [0.717, 1.165) is 16.8 Å². The van der Waals surface area contributed by atoms with E-state index in [9.17, 15) is 4.79 Å². The molecule has 1 N–H and O–H groups in total. The second kappa shape index (κ2) is 9.98. The van der Waals surface area contributed by atoms with Gasteiger partial charge in [-0.25, -0.2) is 0 Å². The number of benzene rings is 3. The predicted molar refractivity (Wildman–Crippen MR) is 116 cm³/mol. The smallest absolute Gasteiger partial charge is 0.310 e. The van der Waals surface area contributed by atoms with Crippen molar-refractivity contribution < 1.29 is 9.53 Å². The standard InChI is InChI=1S/C23H19Cl2NO2/c24-19-12-6-13-20(25)23(19)26-21-14-5-4-11-18(21)16-22(27)28-15-7-10-17-8-2-1-3-9-17/h1-14,26H,15-16H2/b10-7+. The number of hydrogen-bond donors (Lipinski definition) is 1. The fourth-order valence-electron chi connectivity index (χ4n) is 2.64. The molecule has 3 nitrogen and oxygen atoms in total. The monoisotopic (exact) mass is 411 g/mol. The van der Waals surface area contributed by atoms with Gasteiger partial charge >= 0.3 is 5.97 Å². The van der Waals surface area contributed by atoms with E-state index < -0.39 is 0 Å². The van der Waals surface area contributed by atoms with E-state index >= 15 is 0 Å². The molecule has 0 atom stereocenters. The van der Waals surface area contributed by atoms with Crippen LogP contribution in [0.5, 0.6) is 0 Å². The number of rotatable bonds is 7. The molecule has 0 aliphatic carbocycles. The van der Waals surface area contributed by atoms with E-state index in [1.165, 1.54) is 0 Å². The third-order valence-corrected chi connectivity index (χ3v) is 4.65. The summed E-state index contributed by atoms with van der Waals surface area (Å²) in [5.74, 6) is -0.308. The Morgan fingerprint density at radius 1 is 0.893 bits per heavy atom. The number of esters is 1. The molecule has 0 bridgehead atoms. The average Bonchev–Trinajstić information content (AvgIpc) is 2.70. The van der Waals surface area contributed by atoms with Crippen molar-refractivity contribution in [1.29, 1.82) is 0 Å². The van der Waals surface area contributed by atoms with Gasteiger partial charge in [0.1, 0.15) is 6.61 Å². The SMILES string of the molecule is O=C(Cc1ccccc1Nc1c(Cl)cccc1Cl)OC/C=C/c1ccccc1. The molecule has 0 saturated heterocycles. The lowest BCUT2D eigenvalue weighted by Crippen LogP contribution is -2.09. The zero-order valence-electron chi connectivity index (χ0n) is 15.1. The van der Waals surface area contributed by atoms with Crippen LogP contribution in [-0.4, -0.2) is 12.6 Å². The molecule has 28 heavy (non-hydrogen) atoms. The first-order chi connectivity index (χ1) is 13.6. The highest BCUT2D eigenvalue weighted by Gasteiger charge is 2.11. The summed E-state index contributed by atoms with van der Waals surface area (Å²) in [7, 11) is 0. The largest absolute Gasteiger partial charge is 0.461 e. The Morgan fingerprint density at radius 2 is 1.57 bits per heavy atom. The molecule has 0 fully saturated rings. The maximum atomic E-state index is 12.2. The number of hydrogen-bond acceptors (Lipinski definition) is 3. The van der Waals surface area contributed by atoms with Crippen LogP contribution in [0, 0.1) is 0 Å². The molecule has 3 aromatic rings. The highest BCUT2D eigenvalue weighted by molar-refractivity contribution is 6.39. The van der Waals surface area contributed by atoms with Crippen molar-refractivity contribution in [2.45, 2.75) is 6.42 Å². The van der Waals surface area contributed by atoms with Crippen LogP contribution in [0.25, 0.3) is 6.08 Å². The molecule has 0 radical (unpaired) electrons. The minimum Gasteiger partial charge on any atom is -0.461 e. The van der Waals surface area contributed by atoms with Gasteiger partial charge in [0.05, 0.1) is 22.2 Å². The molecular formula is C23H19Cl2NO2. The van der Waals surface area contributed by atoms with Gasteiger partial charge < -0.3 is 10.1 Å². The van der Waals surface area contributed by atoms with Crippen molar-refractivity contribution in [1.82, 2.24) is 0 Å². The number of halogens is 2. The van der Waals surface area contributed by atoms with Gasteiger partial charge in [0.25, 0.3) is 0 Å². The fourth-order valence-corrected chi connectivity index (χ4v) is 3.14. The number of para-hydroxylation sites is 2. The summed E-state index contributed by atoms with van der Waals surface area (Å²) in [6.45, 7) is 0.222. The second-order valence-corrected chi connectivity index (χ2v) is 6.87. The van der Waals surface area contributed by atoms with Crippen LogP contribution in [0.2, 0.25) is 10.0 Å². The Labute approximate surface area is 174 Å². The summed E-state index contributed by atoms with van der Waals surface area (Å²) in [4.78, 5) is 12.2. The molecule has 0 aliphatic heterocycles. The van der Waals surface area contributed by atoms with Gasteiger partial charge in [-0.3, -0.25) is 4.79 Å². The van der Waals surface area contributed by atoms with Crippen LogP contribution >= 0.6 is 23.2 Å². The average molecular weight is 412 g/mol. The summed E-state index contributed by atoms with van der Waals surface area (Å²) in [6, 6.07) is 22.6. The molecule has 3 aromatic carbocycles. The van der Waals surface area contributed by atoms with Gasteiger partial charge in [-0.05, 0) is 35.4 Å². The maximum absolute atomic E-state index is 12.2. The van der Waals surface area contributed by atoms with Crippen molar-refractivity contribution in [2.75, 3.05) is 11.9 Å². The predicted octanol–water partition coefficient (Wildman–Crippen LogP) is 6.54. The Morgan fingerprint density at radius 3 is 2.32 bits per heavy atom. The van der Waals surface area contributed by atoms with Crippen LogP contribution < -0.4 is 5.32 Å². The molecule has 0 heterocycles. The van der Waals surface area contributed by atoms with E-state index in [0.29, 0.717) is 15.7 Å². The molecule has 0 saturated carbocycles. The summed E-state index contributed by atoms with van der Waals surface area (Å²) >= 11 is 12.5. The van der Waals surface area contributed by atoms with Gasteiger partial charge in [-0.1, -0.05) is 83.9 Å². The van der Waals surface area contributed by atoms with Crippen LogP contribution in [0.15, 0.2) is 78.9 Å². The number of anilines is 2. The van der Waals surface area contributed by atoms with E-state index in [-0.39, 0.29) is 19.0 Å². The first-order valence-electron chi connectivity index (χ1n) is 8.79.